The lowest BCUT2D eigenvalue weighted by Crippen LogP contribution is -2.55. The smallest absolute Gasteiger partial charge is 0.141 e. The van der Waals surface area contributed by atoms with Crippen LogP contribution < -0.4 is 43.7 Å². The maximum absolute atomic E-state index is 2.56. The molecule has 0 aliphatic rings. The minimum absolute atomic E-state index is 1.17. The third kappa shape index (κ3) is 6.75. The molecule has 0 unspecified atom stereocenters. The summed E-state index contributed by atoms with van der Waals surface area (Å²) >= 11 is 0. The summed E-state index contributed by atoms with van der Waals surface area (Å²) in [6.07, 6.45) is 0. The number of rotatable bonds is 7. The summed E-state index contributed by atoms with van der Waals surface area (Å²) in [5.74, 6) is 0. The number of hydrogen-bond donors (Lipinski definition) is 0. The molecule has 10 heteroatoms. The second-order valence-corrected chi connectivity index (χ2v) is 19.5. The highest BCUT2D eigenvalue weighted by atomic mass is 15.0. The van der Waals surface area contributed by atoms with Gasteiger partial charge in [-0.25, -0.2) is 0 Å². The third-order valence-electron chi connectivity index (χ3n) is 15.9. The Hall–Kier alpha value is -7.68. The van der Waals surface area contributed by atoms with Crippen LogP contribution in [-0.4, -0.2) is 71.9 Å². The van der Waals surface area contributed by atoms with Gasteiger partial charge in [-0.15, -0.1) is 16.4 Å². The molecule has 0 amide bonds. The van der Waals surface area contributed by atoms with Crippen molar-refractivity contribution < 1.29 is 0 Å². The van der Waals surface area contributed by atoms with Gasteiger partial charge in [-0.1, -0.05) is 173 Å². The van der Waals surface area contributed by atoms with Crippen molar-refractivity contribution in [2.45, 2.75) is 0 Å². The average molecular weight is 884 g/mol. The Balaban J connectivity index is 1.14. The minimum atomic E-state index is 1.17. The third-order valence-corrected chi connectivity index (χ3v) is 15.9. The highest BCUT2D eigenvalue weighted by molar-refractivity contribution is 6.69. The van der Waals surface area contributed by atoms with Crippen molar-refractivity contribution in [1.82, 2.24) is 9.13 Å². The van der Waals surface area contributed by atoms with Crippen molar-refractivity contribution in [3.05, 3.63) is 194 Å². The molecule has 0 atom stereocenters. The normalized spacial score (nSPS) is 11.6. The van der Waals surface area contributed by atoms with E-state index >= 15 is 0 Å². The predicted octanol–water partition coefficient (Wildman–Crippen LogP) is 2.28. The molecular formula is C60H48B8N2. The number of aromatic nitrogens is 2. The van der Waals surface area contributed by atoms with Crippen LogP contribution in [0.25, 0.3) is 111 Å². The lowest BCUT2D eigenvalue weighted by molar-refractivity contribution is 1.18. The SMILES string of the molecule is Bc1c(B)c(B)c(-c2cccc3c2c2c(B)c(-c4ccc5c(c4)c4ccccc4n5-c4ccc(-c5ccccc5)cc4-c4ccccc4)c(B)c(B)c2n3-c2cccc(-c3ccccc3)c2)c(B)c1B. The number of fused-ring (bicyclic) bond motifs is 6. The Labute approximate surface area is 418 Å². The van der Waals surface area contributed by atoms with Gasteiger partial charge in [0.1, 0.15) is 62.8 Å². The second-order valence-electron chi connectivity index (χ2n) is 19.5. The average Bonchev–Trinajstić information content (AvgIpc) is 3.94. The first-order valence-electron chi connectivity index (χ1n) is 24.7. The molecule has 0 bridgehead atoms. The molecule has 0 aliphatic heterocycles. The lowest BCUT2D eigenvalue weighted by atomic mass is 9.59. The van der Waals surface area contributed by atoms with E-state index in [4.69, 9.17) is 0 Å². The molecule has 10 aromatic carbocycles. The molecule has 70 heavy (non-hydrogen) atoms. The molecule has 0 spiro atoms. The van der Waals surface area contributed by atoms with Crippen LogP contribution >= 0.6 is 0 Å². The molecule has 2 heterocycles. The summed E-state index contributed by atoms with van der Waals surface area (Å²) in [6, 6.07) is 71.6. The Morgan fingerprint density at radius 2 is 0.800 bits per heavy atom. The highest BCUT2D eigenvalue weighted by Gasteiger charge is 2.26. The molecule has 0 radical (unpaired) electrons. The highest BCUT2D eigenvalue weighted by Crippen LogP contribution is 2.41. The molecule has 0 aliphatic carbocycles. The van der Waals surface area contributed by atoms with Crippen LogP contribution in [0.3, 0.4) is 0 Å². The summed E-state index contributed by atoms with van der Waals surface area (Å²) in [5, 5.41) is 5.11. The monoisotopic (exact) mass is 884 g/mol. The molecule has 2 aromatic heterocycles. The van der Waals surface area contributed by atoms with Crippen LogP contribution in [0.2, 0.25) is 0 Å². The summed E-state index contributed by atoms with van der Waals surface area (Å²) in [6.45, 7) is 0. The van der Waals surface area contributed by atoms with E-state index in [0.29, 0.717) is 0 Å². The Bertz CT molecular complexity index is 4060. The van der Waals surface area contributed by atoms with Crippen LogP contribution in [0.4, 0.5) is 0 Å². The molecule has 322 valence electrons. The molecule has 0 fully saturated rings. The van der Waals surface area contributed by atoms with Gasteiger partial charge in [0.15, 0.2) is 0 Å². The molecule has 2 nitrogen and oxygen atoms in total. The molecule has 12 rings (SSSR count). The van der Waals surface area contributed by atoms with Gasteiger partial charge in [-0.2, -0.15) is 0 Å². The molecule has 0 saturated heterocycles. The molecular weight excluding hydrogens is 835 g/mol. The van der Waals surface area contributed by atoms with Gasteiger partial charge in [0.2, 0.25) is 0 Å². The quantitative estimate of drug-likeness (QED) is 0.218. The van der Waals surface area contributed by atoms with E-state index in [1.54, 1.807) is 0 Å². The standard InChI is InChI=1S/C60H48B8N2/c61-52-48(38-27-29-46-43(32-38)40-22-10-11-24-44(40)70(46)45-28-26-37(34-16-6-2-7-17-34)31-42(45)35-18-8-3-9-19-35)53(62)59(68)60-51(52)49-41(50-54(63)56(65)58(67)57(66)55(50)64)23-13-25-47(49)69(60)39-21-12-20-36(30-39)33-14-4-1-5-15-33/h1-32H,61-68H2. The lowest BCUT2D eigenvalue weighted by Gasteiger charge is -2.22. The van der Waals surface area contributed by atoms with E-state index in [0.717, 1.165) is 0 Å². The zero-order valence-electron chi connectivity index (χ0n) is 41.4. The minimum Gasteiger partial charge on any atom is -0.310 e. The summed E-state index contributed by atoms with van der Waals surface area (Å²) in [4.78, 5) is 0. The first-order chi connectivity index (χ1) is 34.1. The van der Waals surface area contributed by atoms with Crippen molar-refractivity contribution in [3.63, 3.8) is 0 Å². The van der Waals surface area contributed by atoms with Gasteiger partial charge in [-0.3, -0.25) is 0 Å². The summed E-state index contributed by atoms with van der Waals surface area (Å²) in [5.41, 5.74) is 30.3. The van der Waals surface area contributed by atoms with Gasteiger partial charge in [0.25, 0.3) is 0 Å². The van der Waals surface area contributed by atoms with Crippen LogP contribution in [0, 0.1) is 0 Å². The van der Waals surface area contributed by atoms with E-state index in [9.17, 15) is 0 Å². The molecule has 0 saturated carbocycles. The van der Waals surface area contributed by atoms with Crippen LogP contribution in [-0.2, 0) is 0 Å². The first-order valence-corrected chi connectivity index (χ1v) is 24.7. The largest absolute Gasteiger partial charge is 0.310 e. The van der Waals surface area contributed by atoms with Gasteiger partial charge >= 0.3 is 0 Å². The van der Waals surface area contributed by atoms with Gasteiger partial charge in [-0.05, 0) is 98.6 Å². The second kappa shape index (κ2) is 17.1. The fourth-order valence-electron chi connectivity index (χ4n) is 11.9. The maximum Gasteiger partial charge on any atom is 0.141 e. The number of hydrogen-bond acceptors (Lipinski definition) is 0. The van der Waals surface area contributed by atoms with Gasteiger partial charge in [0.05, 0.1) is 22.2 Å². The Kier molecular flexibility index (Phi) is 10.6. The van der Waals surface area contributed by atoms with Crippen LogP contribution in [0.5, 0.6) is 0 Å². The fourth-order valence-corrected chi connectivity index (χ4v) is 11.9. The van der Waals surface area contributed by atoms with E-state index in [1.165, 1.54) is 154 Å². The summed E-state index contributed by atoms with van der Waals surface area (Å²) in [7, 11) is 18.6. The Morgan fingerprint density at radius 3 is 1.49 bits per heavy atom. The predicted molar refractivity (Wildman–Crippen MR) is 328 cm³/mol. The zero-order valence-corrected chi connectivity index (χ0v) is 41.4. The maximum atomic E-state index is 2.56. The fraction of sp³-hybridized carbons (Fsp3) is 0. The van der Waals surface area contributed by atoms with Gasteiger partial charge < -0.3 is 9.13 Å². The van der Waals surface area contributed by atoms with E-state index in [-0.39, 0.29) is 0 Å². The van der Waals surface area contributed by atoms with Crippen molar-refractivity contribution in [2.24, 2.45) is 0 Å². The van der Waals surface area contributed by atoms with Crippen molar-refractivity contribution in [1.29, 1.82) is 0 Å². The van der Waals surface area contributed by atoms with Gasteiger partial charge in [0, 0.05) is 38.3 Å². The number of nitrogens with zero attached hydrogens (tertiary/aromatic N) is 2. The zero-order chi connectivity index (χ0) is 47.9. The molecule has 12 aromatic rings. The molecule has 0 N–H and O–H groups in total. The van der Waals surface area contributed by atoms with Crippen LogP contribution in [0.1, 0.15) is 0 Å². The van der Waals surface area contributed by atoms with Crippen LogP contribution in [0.15, 0.2) is 194 Å². The van der Waals surface area contributed by atoms with E-state index < -0.39 is 0 Å². The first kappa shape index (κ1) is 43.6. The number of para-hydroxylation sites is 1. The topological polar surface area (TPSA) is 9.86 Å². The Morgan fingerprint density at radius 1 is 0.271 bits per heavy atom. The van der Waals surface area contributed by atoms with Crippen molar-refractivity contribution in [3.8, 4) is 67.0 Å². The number of benzene rings is 10. The van der Waals surface area contributed by atoms with E-state index in [1.807, 2.05) is 0 Å². The van der Waals surface area contributed by atoms with Crippen molar-refractivity contribution >= 4 is 150 Å². The summed E-state index contributed by atoms with van der Waals surface area (Å²) < 4.78 is 5.04. The van der Waals surface area contributed by atoms with E-state index in [2.05, 4.69) is 266 Å². The van der Waals surface area contributed by atoms with Crippen molar-refractivity contribution in [2.75, 3.05) is 0 Å².